The second-order valence-electron chi connectivity index (χ2n) is 15.6. The molecular weight excluding hydrogens is 889 g/mol. The van der Waals surface area contributed by atoms with Gasteiger partial charge < -0.3 is 58.3 Å². The Morgan fingerprint density at radius 3 is 0.580 bits per heavy atom. The van der Waals surface area contributed by atoms with Crippen molar-refractivity contribution in [2.75, 3.05) is 42.7 Å². The minimum Gasteiger partial charge on any atom is -0.495 e. The normalized spacial score (nSPS) is 10.7. The first-order valence-corrected chi connectivity index (χ1v) is 21.1. The molecule has 1 heterocycles. The van der Waals surface area contributed by atoms with Crippen LogP contribution in [0.2, 0.25) is 0 Å². The molecule has 0 fully saturated rings. The van der Waals surface area contributed by atoms with Crippen LogP contribution in [0.4, 0.5) is 0 Å². The van der Waals surface area contributed by atoms with E-state index in [1.54, 1.807) is 57.2 Å². The number of fused-ring (bicyclic) bond motifs is 12. The van der Waals surface area contributed by atoms with Gasteiger partial charge in [-0.2, -0.15) is 0 Å². The van der Waals surface area contributed by atoms with Gasteiger partial charge in [0.05, 0.1) is 108 Å². The first-order chi connectivity index (χ1) is 33.1. The zero-order valence-corrected chi connectivity index (χ0v) is 39.1. The maximum Gasteiger partial charge on any atom is 0.259 e. The van der Waals surface area contributed by atoms with Gasteiger partial charge in [-0.1, -0.05) is 18.2 Å². The number of H-pyrrole nitrogens is 6. The van der Waals surface area contributed by atoms with E-state index in [-0.39, 0.29) is 99.9 Å². The highest BCUT2D eigenvalue weighted by Crippen LogP contribution is 2.28. The van der Waals surface area contributed by atoms with Gasteiger partial charge in [0.15, 0.2) is 17.2 Å². The molecule has 7 rings (SSSR count). The van der Waals surface area contributed by atoms with Gasteiger partial charge >= 0.3 is 0 Å². The molecule has 69 heavy (non-hydrogen) atoms. The lowest BCUT2D eigenvalue weighted by atomic mass is 10.1. The largest absolute Gasteiger partial charge is 0.495 e. The summed E-state index contributed by atoms with van der Waals surface area (Å²) in [6.07, 6.45) is 0. The monoisotopic (exact) mass is 936 g/mol. The fourth-order valence-corrected chi connectivity index (χ4v) is 8.02. The van der Waals surface area contributed by atoms with Gasteiger partial charge in [-0.25, -0.2) is 0 Å². The zero-order valence-electron chi connectivity index (χ0n) is 39.1. The van der Waals surface area contributed by atoms with Gasteiger partial charge in [0.2, 0.25) is 0 Å². The standard InChI is InChI=1S/C51H48N6O12/c1-25-19-34-43(67-7)35(20-25)53-47(59)29-14-11-16-31(41(29)65-5)49(61)55-37-22-27(3)24-39(45(37)69-9)57-51(63)33-18-12-17-32(42(33)66-6)50(62)56-38-23-26(2)21-36(44(38)68-8)54-48(60)30-15-10-13-28(40(30)64-4)46(58)52-34/h10-24H,1-9H3,(H,52,58)(H,53,59)(H,54,60)(H,55,61)(H,56,62)(H,57,63). The molecule has 1 aromatic heterocycles. The summed E-state index contributed by atoms with van der Waals surface area (Å²) in [5.74, 6) is 0.0348. The molecule has 0 saturated heterocycles. The Morgan fingerprint density at radius 2 is 0.435 bits per heavy atom. The van der Waals surface area contributed by atoms with Crippen molar-refractivity contribution in [3.63, 3.8) is 0 Å². The smallest absolute Gasteiger partial charge is 0.259 e. The molecule has 0 aliphatic carbocycles. The molecule has 354 valence electrons. The number of aromatic nitrogens is 6. The summed E-state index contributed by atoms with van der Waals surface area (Å²) >= 11 is 0. The summed E-state index contributed by atoms with van der Waals surface area (Å²) in [6, 6.07) is 23.1. The van der Waals surface area contributed by atoms with E-state index >= 15 is 0 Å². The number of benzene rings is 6. The third-order valence-electron chi connectivity index (χ3n) is 10.9. The number of aromatic amines is 6. The molecule has 18 heteroatoms. The maximum absolute atomic E-state index is 14.1. The van der Waals surface area contributed by atoms with Crippen LogP contribution in [0.1, 0.15) is 16.7 Å². The van der Waals surface area contributed by atoms with E-state index in [9.17, 15) is 28.8 Å². The van der Waals surface area contributed by atoms with Crippen molar-refractivity contribution in [3.8, 4) is 34.5 Å². The van der Waals surface area contributed by atoms with Gasteiger partial charge in [0.25, 0.3) is 33.4 Å². The highest BCUT2D eigenvalue weighted by Gasteiger charge is 2.13. The summed E-state index contributed by atoms with van der Waals surface area (Å²) in [5.41, 5.74) is -1.26. The van der Waals surface area contributed by atoms with Crippen LogP contribution < -0.4 is 61.8 Å². The molecule has 0 spiro atoms. The van der Waals surface area contributed by atoms with Crippen molar-refractivity contribution in [2.45, 2.75) is 20.8 Å². The van der Waals surface area contributed by atoms with Crippen LogP contribution in [0.5, 0.6) is 34.5 Å². The Hall–Kier alpha value is -9.06. The minimum absolute atomic E-state index is 0.0210. The predicted octanol–water partition coefficient (Wildman–Crippen LogP) is 6.77. The van der Waals surface area contributed by atoms with Crippen molar-refractivity contribution in [3.05, 3.63) is 170 Å². The van der Waals surface area contributed by atoms with Gasteiger partial charge in [-0.15, -0.1) is 0 Å². The molecule has 18 nitrogen and oxygen atoms in total. The van der Waals surface area contributed by atoms with Gasteiger partial charge in [-0.3, -0.25) is 28.8 Å². The number of methoxy groups -OCH3 is 6. The number of ether oxygens (including phenoxy) is 6. The molecule has 6 N–H and O–H groups in total. The SMILES string of the molecule is COc1c2cc(C)cc1[nH]c(=O)c1cccc(c1OC)c(=O)[nH]c1cc(C)cc([nH]c(=O)c3cccc(c3OC)c(=O)[nH]c3cc(C)cc([nH]c(=O)c4cccc(c4OC)c(=O)[nH]2)c3OC)c1OC. The molecule has 0 unspecified atom stereocenters. The second-order valence-corrected chi connectivity index (χ2v) is 15.6. The lowest BCUT2D eigenvalue weighted by molar-refractivity contribution is 0.421. The average molecular weight is 937 g/mol. The summed E-state index contributed by atoms with van der Waals surface area (Å²) in [6.45, 7) is 5.23. The Morgan fingerprint density at radius 1 is 0.275 bits per heavy atom. The second kappa shape index (κ2) is 20.2. The molecule has 0 radical (unpaired) electrons. The highest BCUT2D eigenvalue weighted by molar-refractivity contribution is 5.84. The van der Waals surface area contributed by atoms with Crippen LogP contribution in [0.15, 0.2) is 120 Å². The van der Waals surface area contributed by atoms with E-state index in [0.29, 0.717) is 16.7 Å². The van der Waals surface area contributed by atoms with E-state index < -0.39 is 33.4 Å². The number of rotatable bonds is 6. The Labute approximate surface area is 390 Å². The zero-order chi connectivity index (χ0) is 49.7. The quantitative estimate of drug-likeness (QED) is 0.101. The average Bonchev–Trinajstić information content (AvgIpc) is 3.32. The fourth-order valence-electron chi connectivity index (χ4n) is 8.02. The summed E-state index contributed by atoms with van der Waals surface area (Å²) < 4.78 is 34.2. The van der Waals surface area contributed by atoms with Crippen LogP contribution in [0.25, 0.3) is 65.4 Å². The van der Waals surface area contributed by atoms with Crippen molar-refractivity contribution in [2.24, 2.45) is 0 Å². The Balaban J connectivity index is 1.73. The lowest BCUT2D eigenvalue weighted by Crippen LogP contribution is -2.11. The Kier molecular flexibility index (Phi) is 14.0. The van der Waals surface area contributed by atoms with E-state index in [1.807, 2.05) is 0 Å². The van der Waals surface area contributed by atoms with Gasteiger partial charge in [0, 0.05) is 0 Å². The Bertz CT molecular complexity index is 3330. The number of hydrogen-bond acceptors (Lipinski definition) is 12. The molecule has 6 aromatic carbocycles. The molecule has 0 saturated carbocycles. The van der Waals surface area contributed by atoms with Crippen LogP contribution in [-0.2, 0) is 0 Å². The number of para-hydroxylation sites is 3. The van der Waals surface area contributed by atoms with E-state index in [2.05, 4.69) is 29.9 Å². The van der Waals surface area contributed by atoms with Crippen LogP contribution >= 0.6 is 0 Å². The number of hydrogen-bond donors (Lipinski definition) is 6. The summed E-state index contributed by atoms with van der Waals surface area (Å²) in [5, 5.41) is -0.126. The molecule has 7 aromatic rings. The summed E-state index contributed by atoms with van der Waals surface area (Å²) in [7, 11) is 8.02. The molecule has 0 atom stereocenters. The van der Waals surface area contributed by atoms with E-state index in [0.717, 1.165) is 0 Å². The first kappa shape index (κ1) is 47.9. The van der Waals surface area contributed by atoms with Gasteiger partial charge in [-0.05, 0) is 110 Å². The van der Waals surface area contributed by atoms with Crippen molar-refractivity contribution >= 4 is 65.4 Å². The van der Waals surface area contributed by atoms with Crippen molar-refractivity contribution in [1.29, 1.82) is 0 Å². The lowest BCUT2D eigenvalue weighted by Gasteiger charge is -2.07. The number of aryl methyl sites for hydroxylation is 3. The minimum atomic E-state index is -0.685. The van der Waals surface area contributed by atoms with Crippen LogP contribution in [0, 0.1) is 20.8 Å². The molecule has 0 aliphatic heterocycles. The predicted molar refractivity (Wildman–Crippen MR) is 268 cm³/mol. The van der Waals surface area contributed by atoms with Crippen LogP contribution in [-0.4, -0.2) is 72.6 Å². The van der Waals surface area contributed by atoms with Crippen LogP contribution in [0.3, 0.4) is 0 Å². The molecule has 0 aliphatic rings. The fraction of sp³-hybridized carbons (Fsp3) is 0.176. The van der Waals surface area contributed by atoms with Crippen molar-refractivity contribution in [1.82, 2.24) is 29.9 Å². The van der Waals surface area contributed by atoms with Gasteiger partial charge in [0.1, 0.15) is 17.2 Å². The highest BCUT2D eigenvalue weighted by atomic mass is 16.5. The topological polar surface area (TPSA) is 253 Å². The third-order valence-corrected chi connectivity index (χ3v) is 10.9. The molecule has 12 bridgehead atoms. The van der Waals surface area contributed by atoms with E-state index in [4.69, 9.17) is 28.4 Å². The maximum atomic E-state index is 14.1. The number of nitrogens with one attached hydrogen (secondary N) is 6. The first-order valence-electron chi connectivity index (χ1n) is 21.1. The molecule has 0 amide bonds. The third kappa shape index (κ3) is 9.62. The van der Waals surface area contributed by atoms with E-state index in [1.165, 1.54) is 97.3 Å². The molecular formula is C51H48N6O12. The van der Waals surface area contributed by atoms with Crippen molar-refractivity contribution < 1.29 is 28.4 Å². The summed E-state index contributed by atoms with van der Waals surface area (Å²) in [4.78, 5) is 102.